The van der Waals surface area contributed by atoms with Gasteiger partial charge in [-0.1, -0.05) is 12.1 Å². The summed E-state index contributed by atoms with van der Waals surface area (Å²) in [5.41, 5.74) is 1.82. The number of rotatable bonds is 2. The van der Waals surface area contributed by atoms with Crippen molar-refractivity contribution in [1.82, 2.24) is 24.5 Å². The van der Waals surface area contributed by atoms with Crippen LogP contribution in [-0.4, -0.2) is 50.8 Å². The lowest BCUT2D eigenvalue weighted by Crippen LogP contribution is -2.35. The number of ether oxygens (including phenoxy) is 1. The molecule has 0 N–H and O–H groups in total. The lowest BCUT2D eigenvalue weighted by molar-refractivity contribution is 0.0331. The van der Waals surface area contributed by atoms with Crippen LogP contribution in [0.25, 0.3) is 16.6 Å². The van der Waals surface area contributed by atoms with Crippen molar-refractivity contribution in [1.29, 1.82) is 0 Å². The molecule has 3 aromatic rings. The molecular formula is C14H15N5O. The fourth-order valence-electron chi connectivity index (χ4n) is 2.55. The van der Waals surface area contributed by atoms with Gasteiger partial charge in [0.25, 0.3) is 0 Å². The molecule has 1 fully saturated rings. The predicted octanol–water partition coefficient (Wildman–Crippen LogP) is 1.11. The van der Waals surface area contributed by atoms with Crippen molar-refractivity contribution in [3.05, 3.63) is 36.4 Å². The van der Waals surface area contributed by atoms with Crippen molar-refractivity contribution in [2.75, 3.05) is 26.3 Å². The van der Waals surface area contributed by atoms with Crippen molar-refractivity contribution < 1.29 is 4.74 Å². The maximum absolute atomic E-state index is 5.36. The number of nitrogens with zero attached hydrogens (tertiary/aromatic N) is 5. The summed E-state index contributed by atoms with van der Waals surface area (Å²) < 4.78 is 7.12. The van der Waals surface area contributed by atoms with E-state index in [1.165, 1.54) is 0 Å². The maximum atomic E-state index is 5.36. The Bertz CT molecular complexity index is 747. The number of morpholine rings is 1. The molecule has 4 rings (SSSR count). The van der Waals surface area contributed by atoms with E-state index in [-0.39, 0.29) is 0 Å². The third-order valence-electron chi connectivity index (χ3n) is 3.60. The molecule has 2 aromatic heterocycles. The van der Waals surface area contributed by atoms with Gasteiger partial charge >= 0.3 is 0 Å². The Labute approximate surface area is 116 Å². The maximum Gasteiger partial charge on any atom is 0.166 e. The summed E-state index contributed by atoms with van der Waals surface area (Å²) in [7, 11) is 0. The van der Waals surface area contributed by atoms with Crippen LogP contribution >= 0.6 is 0 Å². The molecule has 0 aliphatic carbocycles. The molecule has 1 aromatic carbocycles. The highest BCUT2D eigenvalue weighted by molar-refractivity contribution is 5.90. The van der Waals surface area contributed by atoms with E-state index >= 15 is 0 Å². The van der Waals surface area contributed by atoms with Gasteiger partial charge in [-0.3, -0.25) is 4.90 Å². The highest BCUT2D eigenvalue weighted by Crippen LogP contribution is 2.16. The zero-order valence-corrected chi connectivity index (χ0v) is 11.1. The van der Waals surface area contributed by atoms with Crippen LogP contribution in [0.5, 0.6) is 0 Å². The zero-order chi connectivity index (χ0) is 13.4. The standard InChI is InChI=1S/C14H15N5O/c1-2-4-12-11(3-1)14-16-13(17-19(14)10-15-12)9-18-5-7-20-8-6-18/h1-4,10H,5-9H2. The summed E-state index contributed by atoms with van der Waals surface area (Å²) in [5, 5.41) is 5.56. The van der Waals surface area contributed by atoms with Crippen LogP contribution in [0.3, 0.4) is 0 Å². The Balaban J connectivity index is 1.72. The van der Waals surface area contributed by atoms with E-state index in [2.05, 4.69) is 20.0 Å². The normalized spacial score (nSPS) is 17.0. The van der Waals surface area contributed by atoms with Crippen LogP contribution in [0, 0.1) is 0 Å². The van der Waals surface area contributed by atoms with Gasteiger partial charge in [0.1, 0.15) is 6.33 Å². The average molecular weight is 269 g/mol. The van der Waals surface area contributed by atoms with Crippen molar-refractivity contribution in [2.24, 2.45) is 0 Å². The third-order valence-corrected chi connectivity index (χ3v) is 3.60. The predicted molar refractivity (Wildman–Crippen MR) is 74.4 cm³/mol. The van der Waals surface area contributed by atoms with Crippen LogP contribution in [0.1, 0.15) is 5.82 Å². The van der Waals surface area contributed by atoms with Crippen molar-refractivity contribution in [2.45, 2.75) is 6.54 Å². The minimum absolute atomic E-state index is 0.763. The monoisotopic (exact) mass is 269 g/mol. The molecule has 0 saturated carbocycles. The first-order valence-electron chi connectivity index (χ1n) is 6.79. The van der Waals surface area contributed by atoms with Crippen molar-refractivity contribution in [3.8, 4) is 0 Å². The Morgan fingerprint density at radius 3 is 2.90 bits per heavy atom. The lowest BCUT2D eigenvalue weighted by Gasteiger charge is -2.25. The SMILES string of the molecule is c1ccc2c(c1)ncn1nc(CN3CCOCC3)nc21. The van der Waals surface area contributed by atoms with Gasteiger partial charge in [0, 0.05) is 18.5 Å². The fraction of sp³-hybridized carbons (Fsp3) is 0.357. The molecule has 0 amide bonds. The van der Waals surface area contributed by atoms with Gasteiger partial charge in [-0.25, -0.2) is 14.5 Å². The van der Waals surface area contributed by atoms with Crippen LogP contribution in [0.4, 0.5) is 0 Å². The topological polar surface area (TPSA) is 55.5 Å². The first-order valence-corrected chi connectivity index (χ1v) is 6.79. The van der Waals surface area contributed by atoms with Gasteiger partial charge < -0.3 is 4.74 Å². The molecule has 20 heavy (non-hydrogen) atoms. The van der Waals surface area contributed by atoms with Gasteiger partial charge in [-0.2, -0.15) is 0 Å². The highest BCUT2D eigenvalue weighted by atomic mass is 16.5. The van der Waals surface area contributed by atoms with E-state index in [1.807, 2.05) is 24.3 Å². The molecule has 0 atom stereocenters. The van der Waals surface area contributed by atoms with E-state index in [4.69, 9.17) is 4.74 Å². The van der Waals surface area contributed by atoms with Gasteiger partial charge in [0.05, 0.1) is 25.3 Å². The molecule has 102 valence electrons. The Hall–Kier alpha value is -2.05. The summed E-state index contributed by atoms with van der Waals surface area (Å²) in [4.78, 5) is 11.4. The zero-order valence-electron chi connectivity index (χ0n) is 11.1. The molecule has 1 aliphatic heterocycles. The molecule has 0 spiro atoms. The van der Waals surface area contributed by atoms with Crippen molar-refractivity contribution >= 4 is 16.6 Å². The van der Waals surface area contributed by atoms with E-state index in [0.29, 0.717) is 0 Å². The number of fused-ring (bicyclic) bond motifs is 3. The molecule has 6 nitrogen and oxygen atoms in total. The second-order valence-corrected chi connectivity index (χ2v) is 4.95. The Morgan fingerprint density at radius 1 is 1.15 bits per heavy atom. The van der Waals surface area contributed by atoms with Gasteiger partial charge in [0.15, 0.2) is 11.5 Å². The first kappa shape index (κ1) is 11.7. The molecule has 1 saturated heterocycles. The highest BCUT2D eigenvalue weighted by Gasteiger charge is 2.14. The number of hydrogen-bond donors (Lipinski definition) is 0. The number of aromatic nitrogens is 4. The molecule has 0 unspecified atom stereocenters. The largest absolute Gasteiger partial charge is 0.379 e. The van der Waals surface area contributed by atoms with E-state index in [0.717, 1.165) is 55.2 Å². The van der Waals surface area contributed by atoms with Crippen LogP contribution in [-0.2, 0) is 11.3 Å². The molecule has 3 heterocycles. The van der Waals surface area contributed by atoms with Crippen LogP contribution < -0.4 is 0 Å². The van der Waals surface area contributed by atoms with E-state index in [9.17, 15) is 0 Å². The van der Waals surface area contributed by atoms with Crippen LogP contribution in [0.2, 0.25) is 0 Å². The molecule has 6 heteroatoms. The van der Waals surface area contributed by atoms with Crippen molar-refractivity contribution in [3.63, 3.8) is 0 Å². The number of para-hydroxylation sites is 1. The average Bonchev–Trinajstić information content (AvgIpc) is 2.91. The Morgan fingerprint density at radius 2 is 2.00 bits per heavy atom. The molecular weight excluding hydrogens is 254 g/mol. The fourth-order valence-corrected chi connectivity index (χ4v) is 2.55. The molecule has 0 radical (unpaired) electrons. The minimum Gasteiger partial charge on any atom is -0.379 e. The summed E-state index contributed by atoms with van der Waals surface area (Å²) >= 11 is 0. The minimum atomic E-state index is 0.763. The quantitative estimate of drug-likeness (QED) is 0.697. The molecule has 0 bridgehead atoms. The van der Waals surface area contributed by atoms with Gasteiger partial charge in [-0.05, 0) is 12.1 Å². The van der Waals surface area contributed by atoms with Gasteiger partial charge in [0.2, 0.25) is 0 Å². The summed E-state index contributed by atoms with van der Waals surface area (Å²) in [6, 6.07) is 8.01. The lowest BCUT2D eigenvalue weighted by atomic mass is 10.2. The second-order valence-electron chi connectivity index (χ2n) is 4.95. The van der Waals surface area contributed by atoms with Gasteiger partial charge in [-0.15, -0.1) is 5.10 Å². The summed E-state index contributed by atoms with van der Waals surface area (Å²) in [5.74, 6) is 0.838. The van der Waals surface area contributed by atoms with E-state index < -0.39 is 0 Å². The number of hydrogen-bond acceptors (Lipinski definition) is 5. The summed E-state index contributed by atoms with van der Waals surface area (Å²) in [6.45, 7) is 4.22. The third kappa shape index (κ3) is 2.03. The first-order chi connectivity index (χ1) is 9.90. The summed E-state index contributed by atoms with van der Waals surface area (Å²) in [6.07, 6.45) is 1.73. The Kier molecular flexibility index (Phi) is 2.82. The van der Waals surface area contributed by atoms with Crippen LogP contribution in [0.15, 0.2) is 30.6 Å². The smallest absolute Gasteiger partial charge is 0.166 e. The second kappa shape index (κ2) is 4.81. The molecule has 1 aliphatic rings. The van der Waals surface area contributed by atoms with E-state index in [1.54, 1.807) is 10.8 Å². The number of benzene rings is 1.